The summed E-state index contributed by atoms with van der Waals surface area (Å²) < 4.78 is 22.4. The molecule has 0 bridgehead atoms. The highest BCUT2D eigenvalue weighted by Crippen LogP contribution is 2.38. The fraction of sp³-hybridized carbons (Fsp3) is 0.176. The molecule has 1 heterocycles. The minimum absolute atomic E-state index is 0.0604. The fourth-order valence-corrected chi connectivity index (χ4v) is 3.41. The number of rotatable bonds is 2. The molecule has 0 spiro atoms. The first-order chi connectivity index (χ1) is 11.3. The van der Waals surface area contributed by atoms with E-state index in [-0.39, 0.29) is 17.8 Å². The number of Topliss-reactive ketones (excluding diaryl/α,β-unsaturated/α-hetero) is 1. The van der Waals surface area contributed by atoms with Crippen molar-refractivity contribution < 1.29 is 18.8 Å². The van der Waals surface area contributed by atoms with Gasteiger partial charge in [-0.15, -0.1) is 0 Å². The maximum atomic E-state index is 12.4. The molecule has 1 aliphatic rings. The highest BCUT2D eigenvalue weighted by molar-refractivity contribution is 7.99. The summed E-state index contributed by atoms with van der Waals surface area (Å²) in [5.74, 6) is -3.06. The highest BCUT2D eigenvalue weighted by atomic mass is 32.2. The molecule has 0 saturated carbocycles. The minimum Gasteiger partial charge on any atom is -0.481 e. The van der Waals surface area contributed by atoms with Gasteiger partial charge in [0.25, 0.3) is 0 Å². The largest absolute Gasteiger partial charge is 0.481 e. The van der Waals surface area contributed by atoms with Crippen LogP contribution in [-0.4, -0.2) is 16.9 Å². The van der Waals surface area contributed by atoms with Crippen LogP contribution in [0.4, 0.5) is 0 Å². The van der Waals surface area contributed by atoms with Gasteiger partial charge in [-0.1, -0.05) is 42.1 Å². The quantitative estimate of drug-likeness (QED) is 0.858. The molecule has 1 N–H and O–H groups in total. The van der Waals surface area contributed by atoms with Gasteiger partial charge in [-0.25, -0.2) is 0 Å². The highest BCUT2D eigenvalue weighted by Gasteiger charge is 2.22. The second-order valence-corrected chi connectivity index (χ2v) is 5.92. The lowest BCUT2D eigenvalue weighted by Crippen LogP contribution is -2.09. The first-order valence-corrected chi connectivity index (χ1v) is 7.25. The van der Waals surface area contributed by atoms with Gasteiger partial charge in [0.05, 0.1) is 5.92 Å². The maximum absolute atomic E-state index is 12.4. The zero-order chi connectivity index (χ0) is 17.5. The van der Waals surface area contributed by atoms with Gasteiger partial charge < -0.3 is 5.11 Å². The molecule has 1 atom stereocenters. The van der Waals surface area contributed by atoms with Crippen molar-refractivity contribution in [3.05, 3.63) is 59.2 Å². The number of hydrogen-bond acceptors (Lipinski definition) is 3. The molecule has 3 rings (SSSR count). The van der Waals surface area contributed by atoms with Crippen LogP contribution in [0.2, 0.25) is 0 Å². The molecule has 2 aromatic carbocycles. The van der Waals surface area contributed by atoms with Crippen LogP contribution < -0.4 is 0 Å². The first kappa shape index (κ1) is 10.6. The lowest BCUT2D eigenvalue weighted by Gasteiger charge is -2.11. The summed E-state index contributed by atoms with van der Waals surface area (Å²) in [6.45, 7) is -2.65. The summed E-state index contributed by atoms with van der Waals surface area (Å²) in [5.41, 5.74) is 1.49. The molecule has 1 unspecified atom stereocenters. The molecular formula is C17H14O3S. The Morgan fingerprint density at radius 3 is 2.86 bits per heavy atom. The monoisotopic (exact) mass is 302 g/mol. The normalized spacial score (nSPS) is 17.5. The van der Waals surface area contributed by atoms with Gasteiger partial charge in [-0.05, 0) is 30.1 Å². The second-order valence-electron chi connectivity index (χ2n) is 4.84. The van der Waals surface area contributed by atoms with Crippen molar-refractivity contribution in [3.63, 3.8) is 0 Å². The van der Waals surface area contributed by atoms with E-state index in [0.29, 0.717) is 11.1 Å². The van der Waals surface area contributed by atoms with E-state index < -0.39 is 18.7 Å². The Labute approximate surface area is 131 Å². The van der Waals surface area contributed by atoms with E-state index in [9.17, 15) is 14.7 Å². The number of carbonyl (C=O) groups is 2. The summed E-state index contributed by atoms with van der Waals surface area (Å²) in [6.07, 6.45) is 0.126. The molecule has 2 aromatic rings. The van der Waals surface area contributed by atoms with E-state index in [2.05, 4.69) is 0 Å². The molecule has 4 heteroatoms. The van der Waals surface area contributed by atoms with E-state index in [4.69, 9.17) is 4.11 Å². The van der Waals surface area contributed by atoms with Gasteiger partial charge in [0.2, 0.25) is 0 Å². The van der Waals surface area contributed by atoms with Crippen LogP contribution in [0.1, 0.15) is 38.4 Å². The fourth-order valence-electron chi connectivity index (χ4n) is 2.33. The van der Waals surface area contributed by atoms with Crippen LogP contribution in [-0.2, 0) is 11.2 Å². The molecule has 0 aliphatic carbocycles. The van der Waals surface area contributed by atoms with Crippen molar-refractivity contribution >= 4 is 23.5 Å². The Balaban J connectivity index is 2.06. The molecule has 3 nitrogen and oxygen atoms in total. The van der Waals surface area contributed by atoms with Crippen molar-refractivity contribution in [2.75, 3.05) is 0 Å². The van der Waals surface area contributed by atoms with Crippen molar-refractivity contribution in [1.82, 2.24) is 0 Å². The van der Waals surface area contributed by atoms with Crippen molar-refractivity contribution in [2.24, 2.45) is 0 Å². The smallest absolute Gasteiger partial charge is 0.310 e. The molecule has 106 valence electrons. The number of hydrogen-bond donors (Lipinski definition) is 1. The standard InChI is InChI=1S/C17H14O3S/c1-10(17(19)20)11-6-7-15-12(8-11)9-14(18)13-4-2-3-5-16(13)21-15/h2-8,10H,9H2,1H3,(H,19,20)/i1+1D3. The number of carbonyl (C=O) groups excluding carboxylic acids is 1. The first-order valence-electron chi connectivity index (χ1n) is 7.93. The van der Waals surface area contributed by atoms with Crippen LogP contribution in [0.25, 0.3) is 0 Å². The number of aliphatic carboxylic acids is 1. The second kappa shape index (κ2) is 5.37. The predicted molar refractivity (Wildman–Crippen MR) is 81.1 cm³/mol. The van der Waals surface area contributed by atoms with Crippen LogP contribution in [0.5, 0.6) is 0 Å². The summed E-state index contributed by atoms with van der Waals surface area (Å²) in [7, 11) is 0. The van der Waals surface area contributed by atoms with Gasteiger partial charge >= 0.3 is 5.97 Å². The molecule has 0 radical (unpaired) electrons. The number of carboxylic acid groups (broad SMARTS) is 1. The zero-order valence-corrected chi connectivity index (χ0v) is 11.8. The average molecular weight is 302 g/mol. The number of ketones is 1. The van der Waals surface area contributed by atoms with Crippen molar-refractivity contribution in [3.8, 4) is 0 Å². The van der Waals surface area contributed by atoms with E-state index in [1.807, 2.05) is 12.1 Å². The van der Waals surface area contributed by atoms with Crippen LogP contribution in [0, 0.1) is 0 Å². The molecule has 1 aliphatic heterocycles. The molecule has 0 amide bonds. The third kappa shape index (κ3) is 2.59. The topological polar surface area (TPSA) is 54.4 Å². The third-order valence-electron chi connectivity index (χ3n) is 3.42. The zero-order valence-electron chi connectivity index (χ0n) is 14.0. The Morgan fingerprint density at radius 2 is 2.10 bits per heavy atom. The maximum Gasteiger partial charge on any atom is 0.310 e. The third-order valence-corrected chi connectivity index (χ3v) is 4.62. The van der Waals surface area contributed by atoms with E-state index in [0.717, 1.165) is 9.79 Å². The lowest BCUT2D eigenvalue weighted by atomic mass is 9.98. The van der Waals surface area contributed by atoms with Crippen LogP contribution in [0.3, 0.4) is 0 Å². The van der Waals surface area contributed by atoms with Gasteiger partial charge in [0.1, 0.15) is 0 Å². The predicted octanol–water partition coefficient (Wildman–Crippen LogP) is 3.76. The van der Waals surface area contributed by atoms with E-state index in [1.165, 1.54) is 23.9 Å². The number of benzene rings is 2. The lowest BCUT2D eigenvalue weighted by molar-refractivity contribution is -0.138. The SMILES string of the molecule is [2H][13C]([2H])([2H])C(C(=O)O)c1ccc2c(c1)CC(=O)c1ccccc1S2. The Bertz CT molecular complexity index is 830. The average Bonchev–Trinajstić information content (AvgIpc) is 2.61. The van der Waals surface area contributed by atoms with Gasteiger partial charge in [-0.3, -0.25) is 9.59 Å². The summed E-state index contributed by atoms with van der Waals surface area (Å²) in [6, 6.07) is 12.0. The van der Waals surface area contributed by atoms with E-state index >= 15 is 0 Å². The minimum atomic E-state index is -2.65. The number of fused-ring (bicyclic) bond motifs is 2. The molecule has 0 aromatic heterocycles. The van der Waals surface area contributed by atoms with Crippen molar-refractivity contribution in [1.29, 1.82) is 0 Å². The summed E-state index contributed by atoms with van der Waals surface area (Å²) in [4.78, 5) is 25.5. The summed E-state index contributed by atoms with van der Waals surface area (Å²) in [5, 5.41) is 9.28. The Morgan fingerprint density at radius 1 is 1.29 bits per heavy atom. The Kier molecular flexibility index (Phi) is 2.72. The molecule has 0 saturated heterocycles. The molecular weight excluding hydrogens is 285 g/mol. The van der Waals surface area contributed by atoms with Crippen molar-refractivity contribution in [2.45, 2.75) is 29.0 Å². The number of carboxylic acids is 1. The van der Waals surface area contributed by atoms with Gasteiger partial charge in [0, 0.05) is 25.9 Å². The van der Waals surface area contributed by atoms with Gasteiger partial charge in [0.15, 0.2) is 5.78 Å². The van der Waals surface area contributed by atoms with Crippen LogP contribution in [0.15, 0.2) is 52.3 Å². The molecule has 0 fully saturated rings. The van der Waals surface area contributed by atoms with Gasteiger partial charge in [-0.2, -0.15) is 0 Å². The van der Waals surface area contributed by atoms with E-state index in [1.54, 1.807) is 18.2 Å². The summed E-state index contributed by atoms with van der Waals surface area (Å²) >= 11 is 1.43. The Hall–Kier alpha value is -2.07. The molecule has 21 heavy (non-hydrogen) atoms. The van der Waals surface area contributed by atoms with Crippen LogP contribution >= 0.6 is 11.8 Å².